The zero-order chi connectivity index (χ0) is 9.68. The van der Waals surface area contributed by atoms with Gasteiger partial charge in [-0.1, -0.05) is 43.7 Å². The second kappa shape index (κ2) is 6.01. The molecule has 0 nitrogen and oxygen atoms in total. The molecule has 0 fully saturated rings. The van der Waals surface area contributed by atoms with Crippen LogP contribution in [-0.4, -0.2) is 0 Å². The van der Waals surface area contributed by atoms with Crippen molar-refractivity contribution < 1.29 is 0 Å². The molecule has 0 spiro atoms. The summed E-state index contributed by atoms with van der Waals surface area (Å²) in [7, 11) is 0. The Morgan fingerprint density at radius 2 is 1.77 bits per heavy atom. The van der Waals surface area contributed by atoms with E-state index in [0.29, 0.717) is 0 Å². The smallest absolute Gasteiger partial charge is 0.0295 e. The van der Waals surface area contributed by atoms with Gasteiger partial charge in [0.2, 0.25) is 0 Å². The molecule has 0 amide bonds. The number of hydrogen-bond acceptors (Lipinski definition) is 0. The van der Waals surface area contributed by atoms with Crippen molar-refractivity contribution in [1.29, 1.82) is 0 Å². The van der Waals surface area contributed by atoms with Gasteiger partial charge in [0.05, 0.1) is 0 Å². The molecule has 0 aliphatic heterocycles. The van der Waals surface area contributed by atoms with E-state index >= 15 is 0 Å². The van der Waals surface area contributed by atoms with Gasteiger partial charge in [-0.3, -0.25) is 0 Å². The summed E-state index contributed by atoms with van der Waals surface area (Å²) in [6.07, 6.45) is 2.41. The lowest BCUT2D eigenvalue weighted by atomic mass is 10.2. The van der Waals surface area contributed by atoms with E-state index < -0.39 is 0 Å². The van der Waals surface area contributed by atoms with Crippen molar-refractivity contribution in [3.63, 3.8) is 0 Å². The molecule has 0 atom stereocenters. The SMILES string of the molecule is CCC/C(I)=C(\I)c1ccccc1. The van der Waals surface area contributed by atoms with Gasteiger partial charge in [0.25, 0.3) is 0 Å². The van der Waals surface area contributed by atoms with Crippen LogP contribution >= 0.6 is 45.2 Å². The number of halogens is 2. The zero-order valence-electron chi connectivity index (χ0n) is 7.56. The molecular formula is C11H12I2. The molecule has 0 aliphatic rings. The van der Waals surface area contributed by atoms with Crippen molar-refractivity contribution in [3.8, 4) is 0 Å². The Morgan fingerprint density at radius 1 is 1.15 bits per heavy atom. The van der Waals surface area contributed by atoms with Gasteiger partial charge in [0.15, 0.2) is 0 Å². The van der Waals surface area contributed by atoms with Gasteiger partial charge in [0, 0.05) is 7.16 Å². The predicted octanol–water partition coefficient (Wildman–Crippen LogP) is 5.03. The fraction of sp³-hybridized carbons (Fsp3) is 0.273. The van der Waals surface area contributed by atoms with Crippen LogP contribution in [0.3, 0.4) is 0 Å². The number of benzene rings is 1. The summed E-state index contributed by atoms with van der Waals surface area (Å²) < 4.78 is 2.85. The maximum Gasteiger partial charge on any atom is 0.0295 e. The molecule has 0 saturated heterocycles. The minimum Gasteiger partial charge on any atom is -0.0650 e. The van der Waals surface area contributed by atoms with E-state index in [-0.39, 0.29) is 0 Å². The van der Waals surface area contributed by atoms with E-state index in [0.717, 1.165) is 0 Å². The minimum atomic E-state index is 1.19. The highest BCUT2D eigenvalue weighted by Gasteiger charge is 2.01. The summed E-state index contributed by atoms with van der Waals surface area (Å²) in [5.41, 5.74) is 1.33. The molecule has 1 aromatic carbocycles. The first-order chi connectivity index (χ1) is 6.25. The molecule has 0 N–H and O–H groups in total. The Bertz CT molecular complexity index is 288. The summed E-state index contributed by atoms with van der Waals surface area (Å²) in [6.45, 7) is 2.22. The molecule has 2 heteroatoms. The zero-order valence-corrected chi connectivity index (χ0v) is 11.9. The maximum atomic E-state index is 2.44. The van der Waals surface area contributed by atoms with Crippen LogP contribution < -0.4 is 0 Å². The predicted molar refractivity (Wildman–Crippen MR) is 76.3 cm³/mol. The lowest BCUT2D eigenvalue weighted by Crippen LogP contribution is -1.79. The molecule has 0 saturated carbocycles. The Hall–Kier alpha value is 0.420. The normalized spacial score (nSPS) is 12.5. The summed E-state index contributed by atoms with van der Waals surface area (Å²) in [4.78, 5) is 0. The van der Waals surface area contributed by atoms with Crippen molar-refractivity contribution in [2.75, 3.05) is 0 Å². The molecule has 1 aromatic rings. The van der Waals surface area contributed by atoms with E-state index in [4.69, 9.17) is 0 Å². The van der Waals surface area contributed by atoms with Gasteiger partial charge in [-0.05, 0) is 57.2 Å². The Labute approximate surface area is 107 Å². The quantitative estimate of drug-likeness (QED) is 0.628. The van der Waals surface area contributed by atoms with Crippen molar-refractivity contribution in [2.45, 2.75) is 19.8 Å². The molecule has 0 radical (unpaired) electrons. The van der Waals surface area contributed by atoms with Crippen molar-refractivity contribution in [2.24, 2.45) is 0 Å². The third kappa shape index (κ3) is 3.58. The van der Waals surface area contributed by atoms with Crippen molar-refractivity contribution in [1.82, 2.24) is 0 Å². The lowest BCUT2D eigenvalue weighted by Gasteiger charge is -2.03. The summed E-state index contributed by atoms with van der Waals surface area (Å²) >= 11 is 4.87. The van der Waals surface area contributed by atoms with E-state index in [1.54, 1.807) is 0 Å². The molecule has 0 aromatic heterocycles. The maximum absolute atomic E-state index is 2.44. The highest BCUT2D eigenvalue weighted by molar-refractivity contribution is 14.1. The molecular weight excluding hydrogens is 386 g/mol. The molecule has 13 heavy (non-hydrogen) atoms. The number of rotatable bonds is 3. The highest BCUT2D eigenvalue weighted by Crippen LogP contribution is 2.31. The molecule has 0 unspecified atom stereocenters. The van der Waals surface area contributed by atoms with Gasteiger partial charge in [-0.25, -0.2) is 0 Å². The standard InChI is InChI=1S/C11H12I2/c1-2-6-10(12)11(13)9-7-4-3-5-8-9/h3-5,7-8H,2,6H2,1H3/b11-10+. The first kappa shape index (κ1) is 11.5. The topological polar surface area (TPSA) is 0 Å². The van der Waals surface area contributed by atoms with E-state index in [2.05, 4.69) is 82.4 Å². The number of hydrogen-bond donors (Lipinski definition) is 0. The van der Waals surface area contributed by atoms with E-state index in [1.807, 2.05) is 0 Å². The lowest BCUT2D eigenvalue weighted by molar-refractivity contribution is 0.957. The molecule has 70 valence electrons. The van der Waals surface area contributed by atoms with Crippen LogP contribution in [0.2, 0.25) is 0 Å². The Balaban J connectivity index is 2.89. The van der Waals surface area contributed by atoms with Crippen LogP contribution in [0.25, 0.3) is 3.58 Å². The fourth-order valence-corrected chi connectivity index (χ4v) is 2.55. The van der Waals surface area contributed by atoms with E-state index in [1.165, 1.54) is 25.6 Å². The molecule has 1 rings (SSSR count). The van der Waals surface area contributed by atoms with Gasteiger partial charge in [-0.15, -0.1) is 0 Å². The number of allylic oxidation sites excluding steroid dienone is 1. The van der Waals surface area contributed by atoms with Crippen LogP contribution in [0, 0.1) is 0 Å². The van der Waals surface area contributed by atoms with Crippen LogP contribution in [0.5, 0.6) is 0 Å². The van der Waals surface area contributed by atoms with Crippen LogP contribution in [-0.2, 0) is 0 Å². The Kier molecular flexibility index (Phi) is 5.31. The van der Waals surface area contributed by atoms with Gasteiger partial charge in [0.1, 0.15) is 0 Å². The average molecular weight is 398 g/mol. The average Bonchev–Trinajstić information content (AvgIpc) is 2.18. The third-order valence-electron chi connectivity index (χ3n) is 1.73. The highest BCUT2D eigenvalue weighted by atomic mass is 127. The van der Waals surface area contributed by atoms with E-state index in [9.17, 15) is 0 Å². The first-order valence-corrected chi connectivity index (χ1v) is 6.51. The van der Waals surface area contributed by atoms with Crippen LogP contribution in [0.1, 0.15) is 25.3 Å². The van der Waals surface area contributed by atoms with Crippen LogP contribution in [0.4, 0.5) is 0 Å². The Morgan fingerprint density at radius 3 is 2.31 bits per heavy atom. The van der Waals surface area contributed by atoms with Gasteiger partial charge >= 0.3 is 0 Å². The molecule has 0 aliphatic carbocycles. The largest absolute Gasteiger partial charge is 0.0650 e. The van der Waals surface area contributed by atoms with Gasteiger partial charge < -0.3 is 0 Å². The fourth-order valence-electron chi connectivity index (χ4n) is 1.07. The van der Waals surface area contributed by atoms with Crippen LogP contribution in [0.15, 0.2) is 33.9 Å². The first-order valence-electron chi connectivity index (χ1n) is 4.35. The second-order valence-corrected chi connectivity index (χ2v) is 5.22. The minimum absolute atomic E-state index is 1.19. The summed E-state index contributed by atoms with van der Waals surface area (Å²) in [5, 5.41) is 0. The molecule has 0 bridgehead atoms. The van der Waals surface area contributed by atoms with Crippen molar-refractivity contribution in [3.05, 3.63) is 39.5 Å². The molecule has 0 heterocycles. The second-order valence-electron chi connectivity index (χ2n) is 2.83. The monoisotopic (exact) mass is 398 g/mol. The van der Waals surface area contributed by atoms with Crippen molar-refractivity contribution >= 4 is 48.8 Å². The third-order valence-corrected chi connectivity index (χ3v) is 5.12. The summed E-state index contributed by atoms with van der Waals surface area (Å²) in [6, 6.07) is 10.6. The van der Waals surface area contributed by atoms with Gasteiger partial charge in [-0.2, -0.15) is 0 Å². The summed E-state index contributed by atoms with van der Waals surface area (Å²) in [5.74, 6) is 0.